The van der Waals surface area contributed by atoms with Crippen molar-refractivity contribution in [1.29, 1.82) is 0 Å². The van der Waals surface area contributed by atoms with E-state index in [4.69, 9.17) is 4.74 Å². The molecule has 0 aliphatic carbocycles. The number of nitrogens with zero attached hydrogens (tertiary/aromatic N) is 1. The predicted octanol–water partition coefficient (Wildman–Crippen LogP) is 2.92. The Kier molecular flexibility index (Phi) is 6.73. The van der Waals surface area contributed by atoms with Crippen LogP contribution in [0, 0.1) is 0 Å². The molecule has 0 aromatic heterocycles. The van der Waals surface area contributed by atoms with Crippen molar-refractivity contribution in [3.8, 4) is 5.75 Å². The minimum absolute atomic E-state index is 0.0220. The zero-order chi connectivity index (χ0) is 19.1. The van der Waals surface area contributed by atoms with Gasteiger partial charge in [-0.2, -0.15) is 8.78 Å². The molecule has 1 heterocycles. The van der Waals surface area contributed by atoms with Crippen LogP contribution >= 0.6 is 0 Å². The van der Waals surface area contributed by atoms with Crippen LogP contribution in [-0.2, 0) is 11.3 Å². The van der Waals surface area contributed by atoms with E-state index >= 15 is 0 Å². The highest BCUT2D eigenvalue weighted by atomic mass is 19.3. The van der Waals surface area contributed by atoms with Crippen molar-refractivity contribution in [2.45, 2.75) is 19.3 Å². The van der Waals surface area contributed by atoms with Gasteiger partial charge in [-0.25, -0.2) is 0 Å². The average Bonchev–Trinajstić information content (AvgIpc) is 2.67. The molecule has 1 unspecified atom stereocenters. The Morgan fingerprint density at radius 1 is 1.19 bits per heavy atom. The molecule has 2 aromatic carbocycles. The van der Waals surface area contributed by atoms with Crippen LogP contribution in [0.4, 0.5) is 8.78 Å². The van der Waals surface area contributed by atoms with Crippen molar-refractivity contribution in [2.75, 3.05) is 26.2 Å². The number of ether oxygens (including phenoxy) is 2. The molecule has 1 amide bonds. The van der Waals surface area contributed by atoms with Crippen LogP contribution < -0.4 is 10.1 Å². The Bertz CT molecular complexity index is 726. The third kappa shape index (κ3) is 6.01. The second-order valence-corrected chi connectivity index (χ2v) is 6.33. The minimum Gasteiger partial charge on any atom is -0.435 e. The quantitative estimate of drug-likeness (QED) is 0.807. The van der Waals surface area contributed by atoms with Gasteiger partial charge in [0.25, 0.3) is 5.91 Å². The van der Waals surface area contributed by atoms with E-state index < -0.39 is 6.61 Å². The highest BCUT2D eigenvalue weighted by molar-refractivity contribution is 5.94. The molecule has 27 heavy (non-hydrogen) atoms. The van der Waals surface area contributed by atoms with Crippen LogP contribution in [0.2, 0.25) is 0 Å². The number of morpholine rings is 1. The summed E-state index contributed by atoms with van der Waals surface area (Å²) in [4.78, 5) is 14.5. The number of carbonyl (C=O) groups is 1. The van der Waals surface area contributed by atoms with E-state index in [0.717, 1.165) is 19.6 Å². The highest BCUT2D eigenvalue weighted by Crippen LogP contribution is 2.15. The minimum atomic E-state index is -2.88. The maximum Gasteiger partial charge on any atom is 0.387 e. The van der Waals surface area contributed by atoms with Gasteiger partial charge < -0.3 is 14.8 Å². The standard InChI is InChI=1S/C20H22F2N2O3/c21-20(22)27-17-8-6-16(7-9-17)19(25)23-12-18-14-24(10-11-26-18)13-15-4-2-1-3-5-15/h1-9,18,20H,10-14H2,(H,23,25). The first-order valence-electron chi connectivity index (χ1n) is 8.81. The van der Waals surface area contributed by atoms with Gasteiger partial charge in [0, 0.05) is 31.7 Å². The van der Waals surface area contributed by atoms with Crippen molar-refractivity contribution in [3.05, 3.63) is 65.7 Å². The van der Waals surface area contributed by atoms with Gasteiger partial charge >= 0.3 is 6.61 Å². The molecule has 0 bridgehead atoms. The highest BCUT2D eigenvalue weighted by Gasteiger charge is 2.21. The van der Waals surface area contributed by atoms with Gasteiger partial charge in [0.2, 0.25) is 0 Å². The third-order valence-corrected chi connectivity index (χ3v) is 4.30. The number of carbonyl (C=O) groups excluding carboxylic acids is 1. The molecular formula is C20H22F2N2O3. The van der Waals surface area contributed by atoms with Gasteiger partial charge in [0.1, 0.15) is 5.75 Å². The van der Waals surface area contributed by atoms with E-state index in [1.807, 2.05) is 18.2 Å². The van der Waals surface area contributed by atoms with Gasteiger partial charge in [-0.15, -0.1) is 0 Å². The topological polar surface area (TPSA) is 50.8 Å². The van der Waals surface area contributed by atoms with Crippen molar-refractivity contribution in [2.24, 2.45) is 0 Å². The fraction of sp³-hybridized carbons (Fsp3) is 0.350. The van der Waals surface area contributed by atoms with Crippen molar-refractivity contribution in [1.82, 2.24) is 10.2 Å². The molecule has 1 N–H and O–H groups in total. The summed E-state index contributed by atoms with van der Waals surface area (Å²) in [5.74, 6) is -0.254. The molecule has 1 aliphatic rings. The lowest BCUT2D eigenvalue weighted by Gasteiger charge is -2.33. The second kappa shape index (κ2) is 9.43. The molecule has 1 aliphatic heterocycles. The monoisotopic (exact) mass is 376 g/mol. The summed E-state index contributed by atoms with van der Waals surface area (Å²) in [6, 6.07) is 15.8. The SMILES string of the molecule is O=C(NCC1CN(Cc2ccccc2)CCO1)c1ccc(OC(F)F)cc1. The number of hydrogen-bond acceptors (Lipinski definition) is 4. The Labute approximate surface area is 156 Å². The summed E-state index contributed by atoms with van der Waals surface area (Å²) in [6.45, 7) is 0.556. The zero-order valence-corrected chi connectivity index (χ0v) is 14.8. The Balaban J connectivity index is 1.46. The molecule has 1 atom stereocenters. The lowest BCUT2D eigenvalue weighted by Crippen LogP contribution is -2.47. The van der Waals surface area contributed by atoms with E-state index in [1.165, 1.54) is 29.8 Å². The van der Waals surface area contributed by atoms with Crippen LogP contribution in [0.5, 0.6) is 5.75 Å². The Morgan fingerprint density at radius 3 is 2.63 bits per heavy atom. The van der Waals surface area contributed by atoms with Crippen molar-refractivity contribution in [3.63, 3.8) is 0 Å². The van der Waals surface area contributed by atoms with Crippen LogP contribution in [0.3, 0.4) is 0 Å². The first kappa shape index (κ1) is 19.3. The van der Waals surface area contributed by atoms with E-state index in [1.54, 1.807) is 0 Å². The fourth-order valence-corrected chi connectivity index (χ4v) is 2.99. The van der Waals surface area contributed by atoms with Crippen LogP contribution in [-0.4, -0.2) is 49.8 Å². The maximum atomic E-state index is 12.2. The first-order valence-corrected chi connectivity index (χ1v) is 8.81. The molecule has 144 valence electrons. The largest absolute Gasteiger partial charge is 0.435 e. The molecule has 0 radical (unpaired) electrons. The second-order valence-electron chi connectivity index (χ2n) is 6.33. The van der Waals surface area contributed by atoms with Crippen molar-refractivity contribution < 1.29 is 23.0 Å². The van der Waals surface area contributed by atoms with Gasteiger partial charge in [-0.05, 0) is 29.8 Å². The first-order chi connectivity index (χ1) is 13.1. The molecule has 1 fully saturated rings. The summed E-state index contributed by atoms with van der Waals surface area (Å²) in [6.07, 6.45) is -0.0900. The summed E-state index contributed by atoms with van der Waals surface area (Å²) >= 11 is 0. The lowest BCUT2D eigenvalue weighted by molar-refractivity contribution is -0.0498. The number of rotatable bonds is 7. The average molecular weight is 376 g/mol. The molecular weight excluding hydrogens is 354 g/mol. The van der Waals surface area contributed by atoms with Crippen LogP contribution in [0.25, 0.3) is 0 Å². The van der Waals surface area contributed by atoms with E-state index in [0.29, 0.717) is 18.7 Å². The Hall–Kier alpha value is -2.51. The van der Waals surface area contributed by atoms with Gasteiger partial charge in [-0.3, -0.25) is 9.69 Å². The number of nitrogens with one attached hydrogen (secondary N) is 1. The van der Waals surface area contributed by atoms with Crippen LogP contribution in [0.15, 0.2) is 54.6 Å². The predicted molar refractivity (Wildman–Crippen MR) is 96.9 cm³/mol. The van der Waals surface area contributed by atoms with E-state index in [-0.39, 0.29) is 17.8 Å². The summed E-state index contributed by atoms with van der Waals surface area (Å²) in [7, 11) is 0. The smallest absolute Gasteiger partial charge is 0.387 e. The Morgan fingerprint density at radius 2 is 1.93 bits per heavy atom. The number of alkyl halides is 2. The summed E-state index contributed by atoms with van der Waals surface area (Å²) < 4.78 is 34.3. The third-order valence-electron chi connectivity index (χ3n) is 4.30. The number of amides is 1. The molecule has 3 rings (SSSR count). The van der Waals surface area contributed by atoms with Crippen LogP contribution in [0.1, 0.15) is 15.9 Å². The van der Waals surface area contributed by atoms with Gasteiger partial charge in [-0.1, -0.05) is 30.3 Å². The molecule has 1 saturated heterocycles. The molecule has 7 heteroatoms. The van der Waals surface area contributed by atoms with E-state index in [2.05, 4.69) is 27.1 Å². The normalized spacial score (nSPS) is 17.7. The molecule has 5 nitrogen and oxygen atoms in total. The fourth-order valence-electron chi connectivity index (χ4n) is 2.99. The summed E-state index contributed by atoms with van der Waals surface area (Å²) in [5, 5.41) is 2.83. The maximum absolute atomic E-state index is 12.2. The molecule has 0 spiro atoms. The van der Waals surface area contributed by atoms with Gasteiger partial charge in [0.15, 0.2) is 0 Å². The zero-order valence-electron chi connectivity index (χ0n) is 14.8. The van der Waals surface area contributed by atoms with Gasteiger partial charge in [0.05, 0.1) is 12.7 Å². The van der Waals surface area contributed by atoms with Crippen molar-refractivity contribution >= 4 is 5.91 Å². The number of hydrogen-bond donors (Lipinski definition) is 1. The molecule has 2 aromatic rings. The van der Waals surface area contributed by atoms with E-state index in [9.17, 15) is 13.6 Å². The molecule has 0 saturated carbocycles. The lowest BCUT2D eigenvalue weighted by atomic mass is 10.1. The number of benzene rings is 2. The number of halogens is 2. The summed E-state index contributed by atoms with van der Waals surface area (Å²) in [5.41, 5.74) is 1.63.